The summed E-state index contributed by atoms with van der Waals surface area (Å²) >= 11 is 0. The average molecular weight is 526 g/mol. The molecule has 3 saturated carbocycles. The van der Waals surface area contributed by atoms with Gasteiger partial charge in [-0.05, 0) is 85.8 Å². The fraction of sp³-hybridized carbons (Fsp3) is 0.484. The van der Waals surface area contributed by atoms with E-state index in [1.165, 1.54) is 12.8 Å². The fourth-order valence-electron chi connectivity index (χ4n) is 6.13. The Hall–Kier alpha value is -3.55. The van der Waals surface area contributed by atoms with Gasteiger partial charge >= 0.3 is 0 Å². The van der Waals surface area contributed by atoms with Gasteiger partial charge in [0.1, 0.15) is 17.7 Å². The largest absolute Gasteiger partial charge is 0.342 e. The van der Waals surface area contributed by atoms with E-state index in [1.54, 1.807) is 17.0 Å². The van der Waals surface area contributed by atoms with E-state index in [2.05, 4.69) is 17.4 Å². The van der Waals surface area contributed by atoms with E-state index < -0.39 is 6.04 Å². The third-order valence-electron chi connectivity index (χ3n) is 8.98. The average Bonchev–Trinajstić information content (AvgIpc) is 3.76. The summed E-state index contributed by atoms with van der Waals surface area (Å²) in [5.41, 5.74) is 3.05. The first-order valence-corrected chi connectivity index (χ1v) is 14.5. The lowest BCUT2D eigenvalue weighted by atomic mass is 9.97. The molecule has 0 radical (unpaired) electrons. The highest BCUT2D eigenvalue weighted by atomic mass is 19.1. The number of halogens is 1. The van der Waals surface area contributed by atoms with E-state index in [1.807, 2.05) is 27.8 Å². The maximum absolute atomic E-state index is 15.7. The first-order chi connectivity index (χ1) is 19.0. The van der Waals surface area contributed by atoms with Gasteiger partial charge in [0.25, 0.3) is 5.91 Å². The van der Waals surface area contributed by atoms with Crippen LogP contribution in [0.2, 0.25) is 0 Å². The topological polar surface area (TPSA) is 70.8 Å². The number of aliphatic imine (C=N–C) groups is 1. The molecule has 200 valence electrons. The maximum Gasteiger partial charge on any atom is 0.253 e. The van der Waals surface area contributed by atoms with Crippen LogP contribution in [-0.4, -0.2) is 62.9 Å². The van der Waals surface area contributed by atoms with Gasteiger partial charge in [0.15, 0.2) is 0 Å². The van der Waals surface area contributed by atoms with Gasteiger partial charge in [-0.3, -0.25) is 24.2 Å². The molecule has 39 heavy (non-hydrogen) atoms. The number of aromatic nitrogens is 2. The third kappa shape index (κ3) is 4.34. The van der Waals surface area contributed by atoms with E-state index in [0.29, 0.717) is 31.0 Å². The lowest BCUT2D eigenvalue weighted by Crippen LogP contribution is -2.55. The minimum Gasteiger partial charge on any atom is -0.342 e. The SMILES string of the molecule is O=C(C1CC1)N1CC(CN2C(=O)C(C3CC3)N=C2c2ccc(-c3ccc4nn(CC5CC5)cc4c3)cc2F)C1. The molecule has 1 unspecified atom stereocenters. The standard InChI is InChI=1S/C31H32FN5O2/c32-26-12-23(22-8-10-27-24(11-22)17-36(34-27)15-18-1-2-18)7-9-25(26)29-33-28(20-3-4-20)31(39)37(29)16-19-13-35(14-19)30(38)21-5-6-21/h7-12,17-21,28H,1-6,13-16H2. The molecule has 8 heteroatoms. The third-order valence-corrected chi connectivity index (χ3v) is 8.98. The second kappa shape index (κ2) is 8.73. The molecule has 0 bridgehead atoms. The van der Waals surface area contributed by atoms with Crippen molar-refractivity contribution in [3.8, 4) is 11.1 Å². The van der Waals surface area contributed by atoms with E-state index in [4.69, 9.17) is 4.99 Å². The Morgan fingerprint density at radius 3 is 2.41 bits per heavy atom. The highest BCUT2D eigenvalue weighted by Gasteiger charge is 2.47. The van der Waals surface area contributed by atoms with Gasteiger partial charge in [0.2, 0.25) is 5.91 Å². The summed E-state index contributed by atoms with van der Waals surface area (Å²) in [5, 5.41) is 5.73. The number of amides is 2. The predicted molar refractivity (Wildman–Crippen MR) is 145 cm³/mol. The molecule has 1 aromatic heterocycles. The molecule has 4 fully saturated rings. The first-order valence-electron chi connectivity index (χ1n) is 14.5. The second-order valence-corrected chi connectivity index (χ2v) is 12.3. The van der Waals surface area contributed by atoms with Gasteiger partial charge in [-0.15, -0.1) is 0 Å². The summed E-state index contributed by atoms with van der Waals surface area (Å²) in [5.74, 6) is 1.74. The molecule has 3 aromatic rings. The predicted octanol–water partition coefficient (Wildman–Crippen LogP) is 4.49. The number of nitrogens with zero attached hydrogens (tertiary/aromatic N) is 5. The summed E-state index contributed by atoms with van der Waals surface area (Å²) in [7, 11) is 0. The quantitative estimate of drug-likeness (QED) is 0.435. The minimum absolute atomic E-state index is 0.0170. The van der Waals surface area contributed by atoms with Crippen LogP contribution in [0.5, 0.6) is 0 Å². The summed E-state index contributed by atoms with van der Waals surface area (Å²) in [6.45, 7) is 2.78. The minimum atomic E-state index is -0.405. The number of rotatable bonds is 8. The molecule has 5 aliphatic rings. The van der Waals surface area contributed by atoms with Crippen molar-refractivity contribution in [2.45, 2.75) is 51.1 Å². The van der Waals surface area contributed by atoms with Gasteiger partial charge in [-0.2, -0.15) is 5.10 Å². The second-order valence-electron chi connectivity index (χ2n) is 12.3. The molecule has 7 nitrogen and oxygen atoms in total. The summed E-state index contributed by atoms with van der Waals surface area (Å²) in [4.78, 5) is 34.1. The number of amidine groups is 1. The van der Waals surface area contributed by atoms with Crippen LogP contribution >= 0.6 is 0 Å². The monoisotopic (exact) mass is 525 g/mol. The Kier molecular flexibility index (Phi) is 5.23. The summed E-state index contributed by atoms with van der Waals surface area (Å²) < 4.78 is 17.7. The van der Waals surface area contributed by atoms with Crippen LogP contribution in [0, 0.1) is 29.5 Å². The van der Waals surface area contributed by atoms with Crippen LogP contribution in [0.25, 0.3) is 22.0 Å². The Morgan fingerprint density at radius 2 is 1.69 bits per heavy atom. The Morgan fingerprint density at radius 1 is 0.923 bits per heavy atom. The number of fused-ring (bicyclic) bond motifs is 1. The normalized spacial score (nSPS) is 23.5. The Balaban J connectivity index is 1.04. The zero-order valence-corrected chi connectivity index (χ0v) is 21.9. The van der Waals surface area contributed by atoms with Crippen molar-refractivity contribution < 1.29 is 14.0 Å². The van der Waals surface area contributed by atoms with Gasteiger partial charge in [0.05, 0.1) is 11.1 Å². The summed E-state index contributed by atoms with van der Waals surface area (Å²) in [6.07, 6.45) is 8.63. The van der Waals surface area contributed by atoms with Crippen molar-refractivity contribution in [1.82, 2.24) is 19.6 Å². The molecule has 2 aliphatic heterocycles. The molecule has 3 heterocycles. The van der Waals surface area contributed by atoms with Gasteiger partial charge in [-0.25, -0.2) is 4.39 Å². The molecule has 8 rings (SSSR count). The highest BCUT2D eigenvalue weighted by Crippen LogP contribution is 2.40. The molecule has 1 saturated heterocycles. The van der Waals surface area contributed by atoms with Crippen LogP contribution in [0.4, 0.5) is 4.39 Å². The number of carbonyl (C=O) groups excluding carboxylic acids is 2. The molecule has 2 aromatic carbocycles. The van der Waals surface area contributed by atoms with Crippen molar-refractivity contribution in [3.05, 3.63) is 54.0 Å². The number of hydrogen-bond acceptors (Lipinski definition) is 4. The van der Waals surface area contributed by atoms with Crippen LogP contribution in [-0.2, 0) is 16.1 Å². The molecule has 2 amide bonds. The molecular formula is C31H32FN5O2. The lowest BCUT2D eigenvalue weighted by Gasteiger charge is -2.41. The van der Waals surface area contributed by atoms with Crippen molar-refractivity contribution in [2.24, 2.45) is 28.7 Å². The first kappa shape index (κ1) is 23.3. The van der Waals surface area contributed by atoms with Crippen molar-refractivity contribution in [3.63, 3.8) is 0 Å². The zero-order chi connectivity index (χ0) is 26.2. The number of hydrogen-bond donors (Lipinski definition) is 0. The molecular weight excluding hydrogens is 493 g/mol. The Bertz CT molecular complexity index is 1530. The zero-order valence-electron chi connectivity index (χ0n) is 21.9. The highest BCUT2D eigenvalue weighted by molar-refractivity contribution is 6.14. The van der Waals surface area contributed by atoms with E-state index >= 15 is 4.39 Å². The number of benzene rings is 2. The smallest absolute Gasteiger partial charge is 0.253 e. The van der Waals surface area contributed by atoms with Gasteiger partial charge in [0, 0.05) is 49.6 Å². The Labute approximate surface area is 226 Å². The number of likely N-dealkylation sites (tertiary alicyclic amines) is 1. The van der Waals surface area contributed by atoms with E-state index in [-0.39, 0.29) is 35.4 Å². The van der Waals surface area contributed by atoms with Crippen LogP contribution < -0.4 is 0 Å². The van der Waals surface area contributed by atoms with Crippen LogP contribution in [0.15, 0.2) is 47.6 Å². The fourth-order valence-corrected chi connectivity index (χ4v) is 6.13. The van der Waals surface area contributed by atoms with E-state index in [0.717, 1.165) is 60.2 Å². The van der Waals surface area contributed by atoms with Gasteiger partial charge in [-0.1, -0.05) is 12.1 Å². The molecule has 1 atom stereocenters. The van der Waals surface area contributed by atoms with Gasteiger partial charge < -0.3 is 4.90 Å². The van der Waals surface area contributed by atoms with Crippen LogP contribution in [0.3, 0.4) is 0 Å². The maximum atomic E-state index is 15.7. The lowest BCUT2D eigenvalue weighted by molar-refractivity contribution is -0.139. The molecule has 0 N–H and O–H groups in total. The van der Waals surface area contributed by atoms with E-state index in [9.17, 15) is 9.59 Å². The number of carbonyl (C=O) groups is 2. The van der Waals surface area contributed by atoms with Crippen LogP contribution in [0.1, 0.15) is 44.1 Å². The van der Waals surface area contributed by atoms with Crippen molar-refractivity contribution in [2.75, 3.05) is 19.6 Å². The van der Waals surface area contributed by atoms with Crippen molar-refractivity contribution >= 4 is 28.6 Å². The molecule has 0 spiro atoms. The summed E-state index contributed by atoms with van der Waals surface area (Å²) in [6, 6.07) is 10.9. The molecule has 3 aliphatic carbocycles. The van der Waals surface area contributed by atoms with Crippen molar-refractivity contribution in [1.29, 1.82) is 0 Å².